The first-order chi connectivity index (χ1) is 8.58. The number of carboxylic acids is 1. The lowest BCUT2D eigenvalue weighted by atomic mass is 10.3. The summed E-state index contributed by atoms with van der Waals surface area (Å²) in [7, 11) is 0. The van der Waals surface area contributed by atoms with Crippen LogP contribution in [0, 0.1) is 0 Å². The number of nitrogen functional groups attached to an aromatic ring is 1. The minimum Gasteiger partial charge on any atom is -0.475 e. The fourth-order valence-electron chi connectivity index (χ4n) is 1.34. The number of thioether (sulfide) groups is 1. The molecule has 94 valence electrons. The van der Waals surface area contributed by atoms with Gasteiger partial charge in [-0.1, -0.05) is 11.8 Å². The molecule has 3 N–H and O–H groups in total. The number of carbonyl (C=O) groups is 1. The maximum absolute atomic E-state index is 10.7. The predicted molar refractivity (Wildman–Crippen MR) is 66.4 cm³/mol. The molecule has 1 unspecified atom stereocenters. The van der Waals surface area contributed by atoms with Crippen molar-refractivity contribution >= 4 is 23.5 Å². The summed E-state index contributed by atoms with van der Waals surface area (Å²) in [6.07, 6.45) is 3.07. The first-order valence-electron chi connectivity index (χ1n) is 5.14. The van der Waals surface area contributed by atoms with E-state index in [1.165, 1.54) is 24.0 Å². The van der Waals surface area contributed by atoms with Crippen molar-refractivity contribution in [2.24, 2.45) is 0 Å². The molecule has 2 heterocycles. The number of furan rings is 1. The van der Waals surface area contributed by atoms with Gasteiger partial charge in [-0.25, -0.2) is 14.8 Å². The van der Waals surface area contributed by atoms with Crippen molar-refractivity contribution in [2.45, 2.75) is 17.2 Å². The molecule has 0 fully saturated rings. The van der Waals surface area contributed by atoms with E-state index in [0.29, 0.717) is 16.6 Å². The van der Waals surface area contributed by atoms with E-state index < -0.39 is 5.97 Å². The second kappa shape index (κ2) is 5.09. The number of hydrogen-bond donors (Lipinski definition) is 2. The highest BCUT2D eigenvalue weighted by atomic mass is 32.2. The van der Waals surface area contributed by atoms with Crippen LogP contribution < -0.4 is 5.73 Å². The minimum atomic E-state index is -1.09. The number of aromatic carboxylic acids is 1. The van der Waals surface area contributed by atoms with Gasteiger partial charge in [0.05, 0.1) is 5.25 Å². The Morgan fingerprint density at radius 3 is 2.78 bits per heavy atom. The number of anilines is 1. The quantitative estimate of drug-likeness (QED) is 0.817. The number of hydrogen-bond acceptors (Lipinski definition) is 6. The van der Waals surface area contributed by atoms with E-state index in [4.69, 9.17) is 15.3 Å². The molecule has 0 radical (unpaired) electrons. The Balaban J connectivity index is 2.14. The Bertz CT molecular complexity index is 570. The van der Waals surface area contributed by atoms with Gasteiger partial charge in [0.25, 0.3) is 0 Å². The summed E-state index contributed by atoms with van der Waals surface area (Å²) < 4.78 is 5.21. The molecule has 2 aromatic heterocycles. The standard InChI is InChI=1S/C11H11N3O3S/c1-6(7-2-3-8(17-7)11(15)16)18-10-9(12)13-4-5-14-10/h2-6H,1H3,(H2,12,13)(H,15,16). The Morgan fingerprint density at radius 2 is 2.17 bits per heavy atom. The molecule has 1 atom stereocenters. The van der Waals surface area contributed by atoms with Gasteiger partial charge in [-0.3, -0.25) is 0 Å². The van der Waals surface area contributed by atoms with Crippen LogP contribution in [0.3, 0.4) is 0 Å². The van der Waals surface area contributed by atoms with Crippen LogP contribution in [-0.4, -0.2) is 21.0 Å². The number of aromatic nitrogens is 2. The van der Waals surface area contributed by atoms with Gasteiger partial charge in [-0.15, -0.1) is 0 Å². The average molecular weight is 265 g/mol. The predicted octanol–water partition coefficient (Wildman–Crippen LogP) is 2.20. The summed E-state index contributed by atoms with van der Waals surface area (Å²) >= 11 is 1.36. The molecule has 0 saturated carbocycles. The lowest BCUT2D eigenvalue weighted by molar-refractivity contribution is 0.0660. The van der Waals surface area contributed by atoms with Crippen LogP contribution >= 0.6 is 11.8 Å². The summed E-state index contributed by atoms with van der Waals surface area (Å²) in [6, 6.07) is 3.06. The molecular formula is C11H11N3O3S. The fourth-order valence-corrected chi connectivity index (χ4v) is 2.21. The van der Waals surface area contributed by atoms with Crippen LogP contribution in [0.5, 0.6) is 0 Å². The largest absolute Gasteiger partial charge is 0.475 e. The van der Waals surface area contributed by atoms with Crippen molar-refractivity contribution in [3.05, 3.63) is 36.0 Å². The summed E-state index contributed by atoms with van der Waals surface area (Å²) in [5.41, 5.74) is 5.68. The topological polar surface area (TPSA) is 102 Å². The van der Waals surface area contributed by atoms with Crippen molar-refractivity contribution in [1.82, 2.24) is 9.97 Å². The normalized spacial score (nSPS) is 12.3. The van der Waals surface area contributed by atoms with Gasteiger partial charge in [0.2, 0.25) is 5.76 Å². The molecule has 0 spiro atoms. The molecule has 0 amide bonds. The molecule has 0 aliphatic rings. The molecule has 2 rings (SSSR count). The van der Waals surface area contributed by atoms with Crippen LogP contribution in [-0.2, 0) is 0 Å². The van der Waals surface area contributed by atoms with Crippen LogP contribution in [0.2, 0.25) is 0 Å². The van der Waals surface area contributed by atoms with E-state index >= 15 is 0 Å². The lowest BCUT2D eigenvalue weighted by Gasteiger charge is -2.08. The number of carboxylic acid groups (broad SMARTS) is 1. The maximum Gasteiger partial charge on any atom is 0.371 e. The van der Waals surface area contributed by atoms with Crippen LogP contribution in [0.25, 0.3) is 0 Å². The van der Waals surface area contributed by atoms with Crippen LogP contribution in [0.4, 0.5) is 5.82 Å². The van der Waals surface area contributed by atoms with E-state index in [0.717, 1.165) is 0 Å². The lowest BCUT2D eigenvalue weighted by Crippen LogP contribution is -1.96. The Morgan fingerprint density at radius 1 is 1.44 bits per heavy atom. The zero-order valence-electron chi connectivity index (χ0n) is 9.53. The van der Waals surface area contributed by atoms with Crippen LogP contribution in [0.1, 0.15) is 28.5 Å². The first-order valence-corrected chi connectivity index (χ1v) is 6.02. The van der Waals surface area contributed by atoms with Gasteiger partial charge in [0, 0.05) is 12.4 Å². The van der Waals surface area contributed by atoms with Crippen LogP contribution in [0.15, 0.2) is 34.0 Å². The molecule has 2 aromatic rings. The molecule has 0 saturated heterocycles. The number of rotatable bonds is 4. The average Bonchev–Trinajstić information content (AvgIpc) is 2.81. The SMILES string of the molecule is CC(Sc1nccnc1N)c1ccc(C(=O)O)o1. The summed E-state index contributed by atoms with van der Waals surface area (Å²) in [4.78, 5) is 18.7. The van der Waals surface area contributed by atoms with Gasteiger partial charge in [0.1, 0.15) is 10.8 Å². The van der Waals surface area contributed by atoms with E-state index in [9.17, 15) is 4.79 Å². The van der Waals surface area contributed by atoms with Crippen molar-refractivity contribution in [3.63, 3.8) is 0 Å². The van der Waals surface area contributed by atoms with Gasteiger partial charge in [0.15, 0.2) is 5.82 Å². The van der Waals surface area contributed by atoms with Crippen molar-refractivity contribution < 1.29 is 14.3 Å². The van der Waals surface area contributed by atoms with Crippen molar-refractivity contribution in [1.29, 1.82) is 0 Å². The molecule has 0 bridgehead atoms. The molecule has 6 nitrogen and oxygen atoms in total. The van der Waals surface area contributed by atoms with E-state index in [-0.39, 0.29) is 11.0 Å². The molecule has 0 aliphatic carbocycles. The van der Waals surface area contributed by atoms with Crippen molar-refractivity contribution in [2.75, 3.05) is 5.73 Å². The number of nitrogens with zero attached hydrogens (tertiary/aromatic N) is 2. The highest BCUT2D eigenvalue weighted by Crippen LogP contribution is 2.36. The summed E-state index contributed by atoms with van der Waals surface area (Å²) in [6.45, 7) is 1.88. The second-order valence-electron chi connectivity index (χ2n) is 3.51. The smallest absolute Gasteiger partial charge is 0.371 e. The third-order valence-electron chi connectivity index (χ3n) is 2.22. The Hall–Kier alpha value is -2.02. The first kappa shape index (κ1) is 12.4. The number of nitrogens with two attached hydrogens (primary N) is 1. The van der Waals surface area contributed by atoms with Gasteiger partial charge in [-0.05, 0) is 19.1 Å². The van der Waals surface area contributed by atoms with E-state index in [1.807, 2.05) is 6.92 Å². The third-order valence-corrected chi connectivity index (χ3v) is 3.34. The Kier molecular flexibility index (Phi) is 3.52. The van der Waals surface area contributed by atoms with Gasteiger partial charge in [-0.2, -0.15) is 0 Å². The molecular weight excluding hydrogens is 254 g/mol. The molecule has 0 aliphatic heterocycles. The van der Waals surface area contributed by atoms with E-state index in [1.54, 1.807) is 12.3 Å². The summed E-state index contributed by atoms with van der Waals surface area (Å²) in [5.74, 6) is -0.260. The zero-order valence-corrected chi connectivity index (χ0v) is 10.3. The summed E-state index contributed by atoms with van der Waals surface area (Å²) in [5, 5.41) is 9.27. The fraction of sp³-hybridized carbons (Fsp3) is 0.182. The Labute approximate surface area is 107 Å². The minimum absolute atomic E-state index is 0.0791. The third kappa shape index (κ3) is 2.62. The zero-order chi connectivity index (χ0) is 13.1. The molecule has 7 heteroatoms. The molecule has 18 heavy (non-hydrogen) atoms. The van der Waals surface area contributed by atoms with Crippen molar-refractivity contribution in [3.8, 4) is 0 Å². The van der Waals surface area contributed by atoms with Gasteiger partial charge >= 0.3 is 5.97 Å². The maximum atomic E-state index is 10.7. The van der Waals surface area contributed by atoms with Gasteiger partial charge < -0.3 is 15.3 Å². The second-order valence-corrected chi connectivity index (χ2v) is 4.84. The highest BCUT2D eigenvalue weighted by Gasteiger charge is 2.16. The van der Waals surface area contributed by atoms with E-state index in [2.05, 4.69) is 9.97 Å². The monoisotopic (exact) mass is 265 g/mol. The highest BCUT2D eigenvalue weighted by molar-refractivity contribution is 7.99. The molecule has 0 aromatic carbocycles.